The molecule has 1 saturated heterocycles. The SMILES string of the molecule is O=C1NC(=Nc2ccccc2)S/C1=C\c1ccc(-c2ccc(Cl)cc2[N+](=O)[O-])o1. The number of nitrogens with zero attached hydrogens (tertiary/aromatic N) is 2. The number of para-hydroxylation sites is 1. The maximum Gasteiger partial charge on any atom is 0.281 e. The van der Waals surface area contributed by atoms with E-state index >= 15 is 0 Å². The third kappa shape index (κ3) is 4.23. The summed E-state index contributed by atoms with van der Waals surface area (Å²) < 4.78 is 5.71. The molecule has 2 heterocycles. The van der Waals surface area contributed by atoms with Crippen LogP contribution < -0.4 is 5.32 Å². The topological polar surface area (TPSA) is 97.7 Å². The van der Waals surface area contributed by atoms with Gasteiger partial charge in [0.2, 0.25) is 0 Å². The molecule has 0 unspecified atom stereocenters. The zero-order valence-electron chi connectivity index (χ0n) is 14.7. The molecule has 0 bridgehead atoms. The number of amidine groups is 1. The number of nitrogens with one attached hydrogen (secondary N) is 1. The van der Waals surface area contributed by atoms with E-state index in [0.717, 1.165) is 5.69 Å². The van der Waals surface area contributed by atoms with Crippen molar-refractivity contribution < 1.29 is 14.1 Å². The first-order valence-corrected chi connectivity index (χ1v) is 9.58. The van der Waals surface area contributed by atoms with E-state index in [1.807, 2.05) is 30.3 Å². The first-order chi connectivity index (χ1) is 14.0. The molecule has 144 valence electrons. The zero-order chi connectivity index (χ0) is 20.4. The Hall–Kier alpha value is -3.36. The molecule has 3 aromatic rings. The standard InChI is InChI=1S/C20H12ClN3O4S/c21-12-6-8-15(16(10-12)24(26)27)17-9-7-14(28-17)11-18-19(25)23-20(29-18)22-13-4-2-1-3-5-13/h1-11H,(H,22,23,25)/b18-11-. The Kier molecular flexibility index (Phi) is 5.20. The maximum atomic E-state index is 12.2. The van der Waals surface area contributed by atoms with Crippen LogP contribution in [0.5, 0.6) is 0 Å². The number of furan rings is 1. The van der Waals surface area contributed by atoms with Gasteiger partial charge in [-0.05, 0) is 48.2 Å². The van der Waals surface area contributed by atoms with Crippen LogP contribution in [-0.4, -0.2) is 16.0 Å². The highest BCUT2D eigenvalue weighted by Crippen LogP contribution is 2.35. The fraction of sp³-hybridized carbons (Fsp3) is 0. The highest BCUT2D eigenvalue weighted by molar-refractivity contribution is 8.18. The number of nitro groups is 1. The Morgan fingerprint density at radius 1 is 1.14 bits per heavy atom. The van der Waals surface area contributed by atoms with E-state index in [4.69, 9.17) is 16.0 Å². The number of thioether (sulfide) groups is 1. The molecule has 0 aliphatic carbocycles. The Balaban J connectivity index is 1.60. The van der Waals surface area contributed by atoms with Gasteiger partial charge in [-0.2, -0.15) is 0 Å². The lowest BCUT2D eigenvalue weighted by Gasteiger charge is -2.00. The van der Waals surface area contributed by atoms with Crippen LogP contribution in [0, 0.1) is 10.1 Å². The molecule has 4 rings (SSSR count). The van der Waals surface area contributed by atoms with E-state index in [-0.39, 0.29) is 16.6 Å². The Labute approximate surface area is 174 Å². The van der Waals surface area contributed by atoms with Crippen LogP contribution in [0.3, 0.4) is 0 Å². The molecule has 1 fully saturated rings. The normalized spacial score (nSPS) is 16.4. The number of carbonyl (C=O) groups is 1. The molecule has 0 radical (unpaired) electrons. The minimum Gasteiger partial charge on any atom is -0.456 e. The first-order valence-electron chi connectivity index (χ1n) is 8.38. The summed E-state index contributed by atoms with van der Waals surface area (Å²) in [4.78, 5) is 27.8. The average Bonchev–Trinajstić information content (AvgIpc) is 3.29. The predicted octanol–water partition coefficient (Wildman–Crippen LogP) is 5.40. The molecular formula is C20H12ClN3O4S. The van der Waals surface area contributed by atoms with Crippen LogP contribution in [0.4, 0.5) is 11.4 Å². The van der Waals surface area contributed by atoms with E-state index < -0.39 is 4.92 Å². The molecule has 1 aliphatic rings. The van der Waals surface area contributed by atoms with Crippen molar-refractivity contribution in [3.63, 3.8) is 0 Å². The number of aliphatic imine (C=N–C) groups is 1. The van der Waals surface area contributed by atoms with Crippen LogP contribution >= 0.6 is 23.4 Å². The predicted molar refractivity (Wildman–Crippen MR) is 113 cm³/mol. The number of hydrogen-bond acceptors (Lipinski definition) is 6. The lowest BCUT2D eigenvalue weighted by Crippen LogP contribution is -2.19. The smallest absolute Gasteiger partial charge is 0.281 e. The summed E-state index contributed by atoms with van der Waals surface area (Å²) >= 11 is 7.04. The maximum absolute atomic E-state index is 12.2. The van der Waals surface area contributed by atoms with Gasteiger partial charge in [-0.15, -0.1) is 0 Å². The fourth-order valence-corrected chi connectivity index (χ4v) is 3.66. The van der Waals surface area contributed by atoms with Gasteiger partial charge < -0.3 is 9.73 Å². The highest BCUT2D eigenvalue weighted by atomic mass is 35.5. The molecule has 7 nitrogen and oxygen atoms in total. The number of amides is 1. The Morgan fingerprint density at radius 3 is 2.69 bits per heavy atom. The summed E-state index contributed by atoms with van der Waals surface area (Å²) in [5.74, 6) is 0.407. The summed E-state index contributed by atoms with van der Waals surface area (Å²) in [7, 11) is 0. The molecule has 0 saturated carbocycles. The van der Waals surface area contributed by atoms with Crippen molar-refractivity contribution in [2.45, 2.75) is 0 Å². The second-order valence-electron chi connectivity index (χ2n) is 5.94. The van der Waals surface area contributed by atoms with Gasteiger partial charge in [-0.25, -0.2) is 4.99 Å². The number of hydrogen-bond donors (Lipinski definition) is 1. The minimum absolute atomic E-state index is 0.156. The number of carbonyl (C=O) groups excluding carboxylic acids is 1. The minimum atomic E-state index is -0.519. The van der Waals surface area contributed by atoms with E-state index in [0.29, 0.717) is 27.2 Å². The van der Waals surface area contributed by atoms with Gasteiger partial charge in [-0.1, -0.05) is 29.8 Å². The summed E-state index contributed by atoms with van der Waals surface area (Å²) in [6.45, 7) is 0. The van der Waals surface area contributed by atoms with Gasteiger partial charge in [0, 0.05) is 17.2 Å². The van der Waals surface area contributed by atoms with Crippen molar-refractivity contribution in [2.24, 2.45) is 4.99 Å². The number of halogens is 1. The van der Waals surface area contributed by atoms with E-state index in [1.165, 1.54) is 23.9 Å². The molecule has 0 atom stereocenters. The van der Waals surface area contributed by atoms with Gasteiger partial charge in [0.15, 0.2) is 5.17 Å². The molecule has 9 heteroatoms. The van der Waals surface area contributed by atoms with Crippen molar-refractivity contribution in [3.8, 4) is 11.3 Å². The lowest BCUT2D eigenvalue weighted by molar-refractivity contribution is -0.384. The van der Waals surface area contributed by atoms with E-state index in [2.05, 4.69) is 10.3 Å². The summed E-state index contributed by atoms with van der Waals surface area (Å²) in [6.07, 6.45) is 1.57. The van der Waals surface area contributed by atoms with Gasteiger partial charge in [0.1, 0.15) is 11.5 Å². The van der Waals surface area contributed by atoms with Crippen LogP contribution in [0.15, 0.2) is 75.0 Å². The largest absolute Gasteiger partial charge is 0.456 e. The molecular weight excluding hydrogens is 414 g/mol. The number of rotatable bonds is 4. The number of nitro benzene ring substituents is 1. The third-order valence-electron chi connectivity index (χ3n) is 3.96. The van der Waals surface area contributed by atoms with E-state index in [1.54, 1.807) is 24.3 Å². The van der Waals surface area contributed by atoms with Crippen LogP contribution in [0.2, 0.25) is 5.02 Å². The molecule has 29 heavy (non-hydrogen) atoms. The lowest BCUT2D eigenvalue weighted by atomic mass is 10.1. The molecule has 1 N–H and O–H groups in total. The molecule has 1 amide bonds. The highest BCUT2D eigenvalue weighted by Gasteiger charge is 2.25. The summed E-state index contributed by atoms with van der Waals surface area (Å²) in [6, 6.07) is 16.9. The van der Waals surface area contributed by atoms with Crippen molar-refractivity contribution in [1.29, 1.82) is 0 Å². The molecule has 1 aromatic heterocycles. The van der Waals surface area contributed by atoms with Crippen molar-refractivity contribution in [1.82, 2.24) is 5.32 Å². The van der Waals surface area contributed by atoms with Gasteiger partial charge in [0.05, 0.1) is 21.1 Å². The fourth-order valence-electron chi connectivity index (χ4n) is 2.67. The van der Waals surface area contributed by atoms with Gasteiger partial charge in [-0.3, -0.25) is 14.9 Å². The Morgan fingerprint density at radius 2 is 1.93 bits per heavy atom. The van der Waals surface area contributed by atoms with Crippen molar-refractivity contribution in [2.75, 3.05) is 0 Å². The summed E-state index contributed by atoms with van der Waals surface area (Å²) in [5, 5.41) is 14.7. The third-order valence-corrected chi connectivity index (χ3v) is 5.10. The molecule has 2 aromatic carbocycles. The average molecular weight is 426 g/mol. The number of benzene rings is 2. The molecule has 0 spiro atoms. The molecule has 1 aliphatic heterocycles. The second-order valence-corrected chi connectivity index (χ2v) is 7.40. The van der Waals surface area contributed by atoms with Crippen molar-refractivity contribution >= 4 is 51.9 Å². The van der Waals surface area contributed by atoms with Gasteiger partial charge in [0.25, 0.3) is 11.6 Å². The monoisotopic (exact) mass is 425 g/mol. The van der Waals surface area contributed by atoms with Crippen LogP contribution in [0.25, 0.3) is 17.4 Å². The van der Waals surface area contributed by atoms with Crippen LogP contribution in [-0.2, 0) is 4.79 Å². The second kappa shape index (κ2) is 7.94. The zero-order valence-corrected chi connectivity index (χ0v) is 16.2. The van der Waals surface area contributed by atoms with Crippen molar-refractivity contribution in [3.05, 3.63) is 86.5 Å². The Bertz CT molecular complexity index is 1170. The first kappa shape index (κ1) is 19.0. The summed E-state index contributed by atoms with van der Waals surface area (Å²) in [5.41, 5.74) is 0.877. The van der Waals surface area contributed by atoms with Crippen LogP contribution in [0.1, 0.15) is 5.76 Å². The van der Waals surface area contributed by atoms with E-state index in [9.17, 15) is 14.9 Å². The quantitative estimate of drug-likeness (QED) is 0.343. The van der Waals surface area contributed by atoms with Gasteiger partial charge >= 0.3 is 0 Å².